The van der Waals surface area contributed by atoms with Gasteiger partial charge in [0.05, 0.1) is 20.4 Å². The Bertz CT molecular complexity index is 701. The minimum absolute atomic E-state index is 0.0222. The van der Waals surface area contributed by atoms with Crippen molar-refractivity contribution in [1.82, 2.24) is 0 Å². The standard InChI is InChI=1S/C13H7BrN2O2S/c14-13-5-4-12(19-13)7-10(8-15)9-2-1-3-11(6-9)16(17)18/h1-7H/b10-7-. The van der Waals surface area contributed by atoms with Crippen LogP contribution in [0.1, 0.15) is 10.4 Å². The monoisotopic (exact) mass is 334 g/mol. The highest BCUT2D eigenvalue weighted by atomic mass is 79.9. The molecule has 0 aliphatic rings. The van der Waals surface area contributed by atoms with E-state index in [1.807, 2.05) is 12.1 Å². The molecule has 0 atom stereocenters. The van der Waals surface area contributed by atoms with E-state index >= 15 is 0 Å². The second-order valence-corrected chi connectivity index (χ2v) is 6.11. The molecule has 0 saturated carbocycles. The number of nitro groups is 1. The van der Waals surface area contributed by atoms with Gasteiger partial charge in [0, 0.05) is 17.0 Å². The van der Waals surface area contributed by atoms with Crippen LogP contribution in [0.5, 0.6) is 0 Å². The van der Waals surface area contributed by atoms with Gasteiger partial charge in [-0.3, -0.25) is 10.1 Å². The number of nitrogens with zero attached hydrogens (tertiary/aromatic N) is 2. The Kier molecular flexibility index (Phi) is 4.10. The van der Waals surface area contributed by atoms with Crippen LogP contribution in [0.2, 0.25) is 0 Å². The molecule has 19 heavy (non-hydrogen) atoms. The molecule has 0 N–H and O–H groups in total. The zero-order valence-electron chi connectivity index (χ0n) is 9.54. The average Bonchev–Trinajstić information content (AvgIpc) is 2.81. The summed E-state index contributed by atoms with van der Waals surface area (Å²) in [5, 5.41) is 19.9. The second kappa shape index (κ2) is 5.78. The predicted octanol–water partition coefficient (Wildman–Crippen LogP) is 4.48. The van der Waals surface area contributed by atoms with Crippen molar-refractivity contribution in [3.05, 3.63) is 60.7 Å². The highest BCUT2D eigenvalue weighted by Crippen LogP contribution is 2.27. The minimum Gasteiger partial charge on any atom is -0.258 e. The molecule has 0 saturated heterocycles. The third kappa shape index (κ3) is 3.28. The van der Waals surface area contributed by atoms with Gasteiger partial charge >= 0.3 is 0 Å². The molecule has 4 nitrogen and oxygen atoms in total. The molecule has 0 aliphatic heterocycles. The molecule has 0 radical (unpaired) electrons. The summed E-state index contributed by atoms with van der Waals surface area (Å²) in [5.74, 6) is 0. The highest BCUT2D eigenvalue weighted by molar-refractivity contribution is 9.11. The number of thiophene rings is 1. The van der Waals surface area contributed by atoms with Crippen LogP contribution in [-0.2, 0) is 0 Å². The van der Waals surface area contributed by atoms with Gasteiger partial charge in [-0.15, -0.1) is 11.3 Å². The van der Waals surface area contributed by atoms with Crippen molar-refractivity contribution in [2.45, 2.75) is 0 Å². The fourth-order valence-electron chi connectivity index (χ4n) is 1.52. The van der Waals surface area contributed by atoms with Crippen LogP contribution in [0.3, 0.4) is 0 Å². The maximum absolute atomic E-state index is 10.7. The lowest BCUT2D eigenvalue weighted by Crippen LogP contribution is -1.89. The molecular weight excluding hydrogens is 328 g/mol. The van der Waals surface area contributed by atoms with Crippen LogP contribution in [0.25, 0.3) is 11.6 Å². The number of hydrogen-bond acceptors (Lipinski definition) is 4. The lowest BCUT2D eigenvalue weighted by molar-refractivity contribution is -0.384. The van der Waals surface area contributed by atoms with E-state index in [1.54, 1.807) is 18.2 Å². The van der Waals surface area contributed by atoms with Crippen molar-refractivity contribution in [2.75, 3.05) is 0 Å². The molecule has 0 bridgehead atoms. The van der Waals surface area contributed by atoms with Crippen LogP contribution in [0.15, 0.2) is 40.2 Å². The van der Waals surface area contributed by atoms with Crippen molar-refractivity contribution in [2.24, 2.45) is 0 Å². The van der Waals surface area contributed by atoms with Gasteiger partial charge in [0.15, 0.2) is 0 Å². The summed E-state index contributed by atoms with van der Waals surface area (Å²) in [7, 11) is 0. The van der Waals surface area contributed by atoms with Crippen molar-refractivity contribution in [3.63, 3.8) is 0 Å². The van der Waals surface area contributed by atoms with Gasteiger partial charge < -0.3 is 0 Å². The molecule has 0 fully saturated rings. The summed E-state index contributed by atoms with van der Waals surface area (Å²) >= 11 is 4.84. The first-order chi connectivity index (χ1) is 9.10. The summed E-state index contributed by atoms with van der Waals surface area (Å²) in [6, 6.07) is 11.9. The van der Waals surface area contributed by atoms with E-state index in [0.29, 0.717) is 11.1 Å². The van der Waals surface area contributed by atoms with Crippen LogP contribution in [0, 0.1) is 21.4 Å². The molecular formula is C13H7BrN2O2S. The van der Waals surface area contributed by atoms with Crippen molar-refractivity contribution >= 4 is 44.6 Å². The van der Waals surface area contributed by atoms with E-state index in [9.17, 15) is 15.4 Å². The molecule has 0 unspecified atom stereocenters. The summed E-state index contributed by atoms with van der Waals surface area (Å²) < 4.78 is 0.968. The van der Waals surface area contributed by atoms with E-state index in [4.69, 9.17) is 0 Å². The van der Waals surface area contributed by atoms with Crippen LogP contribution >= 0.6 is 27.3 Å². The predicted molar refractivity (Wildman–Crippen MR) is 78.6 cm³/mol. The molecule has 0 aliphatic carbocycles. The van der Waals surface area contributed by atoms with Gasteiger partial charge in [-0.2, -0.15) is 5.26 Å². The van der Waals surface area contributed by atoms with Crippen LogP contribution < -0.4 is 0 Å². The fourth-order valence-corrected chi connectivity index (χ4v) is 2.88. The van der Waals surface area contributed by atoms with Gasteiger partial charge in [-0.25, -0.2) is 0 Å². The SMILES string of the molecule is N#C/C(=C/c1ccc(Br)s1)c1cccc([N+](=O)[O-])c1. The molecule has 2 aromatic rings. The number of halogens is 1. The van der Waals surface area contributed by atoms with Crippen LogP contribution in [0.4, 0.5) is 5.69 Å². The normalized spacial score (nSPS) is 11.1. The molecule has 1 aromatic carbocycles. The fraction of sp³-hybridized carbons (Fsp3) is 0. The molecule has 1 heterocycles. The Balaban J connectivity index is 2.43. The molecule has 2 rings (SSSR count). The quantitative estimate of drug-likeness (QED) is 0.472. The third-order valence-corrected chi connectivity index (χ3v) is 3.94. The average molecular weight is 335 g/mol. The minimum atomic E-state index is -0.472. The second-order valence-electron chi connectivity index (χ2n) is 3.62. The topological polar surface area (TPSA) is 66.9 Å². The maximum Gasteiger partial charge on any atom is 0.270 e. The first-order valence-electron chi connectivity index (χ1n) is 5.22. The van der Waals surface area contributed by atoms with E-state index < -0.39 is 4.92 Å². The van der Waals surface area contributed by atoms with Gasteiger partial charge in [-0.1, -0.05) is 12.1 Å². The Hall–Kier alpha value is -1.97. The molecule has 6 heteroatoms. The van der Waals surface area contributed by atoms with E-state index in [1.165, 1.54) is 23.5 Å². The highest BCUT2D eigenvalue weighted by Gasteiger charge is 2.09. The molecule has 0 spiro atoms. The molecule has 94 valence electrons. The number of allylic oxidation sites excluding steroid dienone is 1. The lowest BCUT2D eigenvalue weighted by Gasteiger charge is -1.98. The van der Waals surface area contributed by atoms with Gasteiger partial charge in [0.25, 0.3) is 5.69 Å². The van der Waals surface area contributed by atoms with Crippen molar-refractivity contribution in [3.8, 4) is 6.07 Å². The maximum atomic E-state index is 10.7. The zero-order valence-corrected chi connectivity index (χ0v) is 11.9. The Morgan fingerprint density at radius 1 is 1.42 bits per heavy atom. The van der Waals surface area contributed by atoms with Crippen LogP contribution in [-0.4, -0.2) is 4.92 Å². The van der Waals surface area contributed by atoms with Gasteiger partial charge in [0.1, 0.15) is 0 Å². The zero-order chi connectivity index (χ0) is 13.8. The largest absolute Gasteiger partial charge is 0.270 e. The summed E-state index contributed by atoms with van der Waals surface area (Å²) in [5.41, 5.74) is 0.922. The number of benzene rings is 1. The van der Waals surface area contributed by atoms with Crippen molar-refractivity contribution < 1.29 is 4.92 Å². The number of nitro benzene ring substituents is 1. The van der Waals surface area contributed by atoms with Crippen molar-refractivity contribution in [1.29, 1.82) is 5.26 Å². The number of non-ortho nitro benzene ring substituents is 1. The summed E-state index contributed by atoms with van der Waals surface area (Å²) in [6.07, 6.45) is 1.72. The van der Waals surface area contributed by atoms with Gasteiger partial charge in [0.2, 0.25) is 0 Å². The molecule has 0 amide bonds. The number of nitriles is 1. The Morgan fingerprint density at radius 3 is 2.79 bits per heavy atom. The first kappa shape index (κ1) is 13.5. The smallest absolute Gasteiger partial charge is 0.258 e. The first-order valence-corrected chi connectivity index (χ1v) is 6.83. The summed E-state index contributed by atoms with van der Waals surface area (Å²) in [4.78, 5) is 11.2. The lowest BCUT2D eigenvalue weighted by atomic mass is 10.1. The number of rotatable bonds is 3. The van der Waals surface area contributed by atoms with E-state index in [2.05, 4.69) is 22.0 Å². The Morgan fingerprint density at radius 2 is 2.21 bits per heavy atom. The van der Waals surface area contributed by atoms with Gasteiger partial charge in [-0.05, 0) is 39.7 Å². The summed E-state index contributed by atoms with van der Waals surface area (Å²) in [6.45, 7) is 0. The molecule has 1 aromatic heterocycles. The Labute approximate surface area is 121 Å². The van der Waals surface area contributed by atoms with E-state index in [-0.39, 0.29) is 5.69 Å². The van der Waals surface area contributed by atoms with E-state index in [0.717, 1.165) is 8.66 Å². The number of hydrogen-bond donors (Lipinski definition) is 0. The third-order valence-electron chi connectivity index (χ3n) is 2.37.